The largest absolute Gasteiger partial charge is 0.573 e. The number of nitrogens with one attached hydrogen (secondary N) is 2. The van der Waals surface area contributed by atoms with Crippen molar-refractivity contribution < 1.29 is 22.7 Å². The van der Waals surface area contributed by atoms with Crippen LogP contribution < -0.4 is 15.4 Å². The highest BCUT2D eigenvalue weighted by atomic mass is 19.4. The molecule has 0 heterocycles. The fourth-order valence-electron chi connectivity index (χ4n) is 1.45. The molecule has 2 N–H and O–H groups in total. The summed E-state index contributed by atoms with van der Waals surface area (Å²) in [6, 6.07) is 5.37. The second-order valence-electron chi connectivity index (χ2n) is 4.15. The maximum atomic E-state index is 12.0. The van der Waals surface area contributed by atoms with Crippen molar-refractivity contribution in [3.63, 3.8) is 0 Å². The number of halogens is 3. The number of hydrogen-bond acceptors (Lipinski definition) is 3. The summed E-state index contributed by atoms with van der Waals surface area (Å²) < 4.78 is 39.6. The molecule has 0 aliphatic carbocycles. The van der Waals surface area contributed by atoms with Gasteiger partial charge < -0.3 is 15.4 Å². The molecule has 112 valence electrons. The van der Waals surface area contributed by atoms with Gasteiger partial charge in [0.05, 0.1) is 6.54 Å². The zero-order valence-electron chi connectivity index (χ0n) is 11.1. The third-order valence-corrected chi connectivity index (χ3v) is 2.36. The number of rotatable bonds is 7. The van der Waals surface area contributed by atoms with Gasteiger partial charge >= 0.3 is 6.36 Å². The van der Waals surface area contributed by atoms with Crippen LogP contribution in [0.25, 0.3) is 0 Å². The molecule has 0 saturated carbocycles. The molecule has 0 bridgehead atoms. The molecule has 1 aromatic rings. The van der Waals surface area contributed by atoms with Gasteiger partial charge in [-0.15, -0.1) is 13.2 Å². The Labute approximate surface area is 115 Å². The van der Waals surface area contributed by atoms with Gasteiger partial charge in [-0.2, -0.15) is 0 Å². The van der Waals surface area contributed by atoms with E-state index < -0.39 is 6.36 Å². The van der Waals surface area contributed by atoms with E-state index in [1.54, 1.807) is 0 Å². The fraction of sp³-hybridized carbons (Fsp3) is 0.462. The lowest BCUT2D eigenvalue weighted by Gasteiger charge is -2.10. The van der Waals surface area contributed by atoms with E-state index in [4.69, 9.17) is 0 Å². The average Bonchev–Trinajstić information content (AvgIpc) is 2.36. The zero-order valence-corrected chi connectivity index (χ0v) is 11.1. The average molecular weight is 290 g/mol. The molecule has 1 amide bonds. The van der Waals surface area contributed by atoms with Gasteiger partial charge in [-0.1, -0.05) is 19.1 Å². The number of carbonyl (C=O) groups is 1. The Morgan fingerprint density at radius 3 is 2.45 bits per heavy atom. The maximum Gasteiger partial charge on any atom is 0.573 e. The maximum absolute atomic E-state index is 12.0. The van der Waals surface area contributed by atoms with Gasteiger partial charge in [-0.3, -0.25) is 4.79 Å². The van der Waals surface area contributed by atoms with Crippen LogP contribution in [0.5, 0.6) is 5.75 Å². The molecular weight excluding hydrogens is 273 g/mol. The van der Waals surface area contributed by atoms with Crippen molar-refractivity contribution in [2.45, 2.75) is 26.3 Å². The predicted molar refractivity (Wildman–Crippen MR) is 68.1 cm³/mol. The fourth-order valence-corrected chi connectivity index (χ4v) is 1.45. The summed E-state index contributed by atoms with van der Waals surface area (Å²) in [5.41, 5.74) is 0.698. The van der Waals surface area contributed by atoms with Crippen molar-refractivity contribution in [2.24, 2.45) is 0 Å². The van der Waals surface area contributed by atoms with Gasteiger partial charge in [-0.25, -0.2) is 0 Å². The van der Waals surface area contributed by atoms with Crippen molar-refractivity contribution in [1.29, 1.82) is 0 Å². The Morgan fingerprint density at radius 2 is 1.90 bits per heavy atom. The SMILES string of the molecule is CCCNCC(=O)NCc1ccc(OC(F)(F)F)cc1. The van der Waals surface area contributed by atoms with Crippen molar-refractivity contribution in [3.8, 4) is 5.75 Å². The molecule has 0 spiro atoms. The lowest BCUT2D eigenvalue weighted by molar-refractivity contribution is -0.274. The topological polar surface area (TPSA) is 50.4 Å². The molecule has 0 aliphatic rings. The van der Waals surface area contributed by atoms with Crippen LogP contribution in [0.1, 0.15) is 18.9 Å². The van der Waals surface area contributed by atoms with Gasteiger partial charge in [0.15, 0.2) is 0 Å². The van der Waals surface area contributed by atoms with Crippen molar-refractivity contribution in [1.82, 2.24) is 10.6 Å². The molecule has 0 saturated heterocycles. The first-order valence-electron chi connectivity index (χ1n) is 6.23. The van der Waals surface area contributed by atoms with Crippen molar-refractivity contribution >= 4 is 5.91 Å². The number of amides is 1. The molecule has 7 heteroatoms. The standard InChI is InChI=1S/C13H17F3N2O2/c1-2-7-17-9-12(19)18-8-10-3-5-11(6-4-10)20-13(14,15)16/h3-6,17H,2,7-9H2,1H3,(H,18,19). The Hall–Kier alpha value is -1.76. The summed E-state index contributed by atoms with van der Waals surface area (Å²) >= 11 is 0. The van der Waals surface area contributed by atoms with E-state index in [1.165, 1.54) is 24.3 Å². The van der Waals surface area contributed by atoms with E-state index in [2.05, 4.69) is 15.4 Å². The third kappa shape index (κ3) is 6.98. The quantitative estimate of drug-likeness (QED) is 0.757. The van der Waals surface area contributed by atoms with E-state index in [0.717, 1.165) is 13.0 Å². The summed E-state index contributed by atoms with van der Waals surface area (Å²) in [5.74, 6) is -0.439. The third-order valence-electron chi connectivity index (χ3n) is 2.36. The van der Waals surface area contributed by atoms with Crippen LogP contribution in [0.4, 0.5) is 13.2 Å². The van der Waals surface area contributed by atoms with Crippen molar-refractivity contribution in [3.05, 3.63) is 29.8 Å². The number of carbonyl (C=O) groups excluding carboxylic acids is 1. The van der Waals surface area contributed by atoms with Crippen LogP contribution in [-0.4, -0.2) is 25.4 Å². The van der Waals surface area contributed by atoms with Crippen molar-refractivity contribution in [2.75, 3.05) is 13.1 Å². The molecule has 0 atom stereocenters. The summed E-state index contributed by atoms with van der Waals surface area (Å²) in [7, 11) is 0. The van der Waals surface area contributed by atoms with Crippen LogP contribution in [0.3, 0.4) is 0 Å². The van der Waals surface area contributed by atoms with E-state index in [9.17, 15) is 18.0 Å². The van der Waals surface area contributed by atoms with Crippen LogP contribution in [0, 0.1) is 0 Å². The molecule has 0 fully saturated rings. The van der Waals surface area contributed by atoms with Gasteiger partial charge in [-0.05, 0) is 30.7 Å². The Morgan fingerprint density at radius 1 is 1.25 bits per heavy atom. The molecule has 0 aromatic heterocycles. The summed E-state index contributed by atoms with van der Waals surface area (Å²) in [5, 5.41) is 5.61. The van der Waals surface area contributed by atoms with E-state index in [1.807, 2.05) is 6.92 Å². The van der Waals surface area contributed by atoms with Gasteiger partial charge in [0.1, 0.15) is 5.75 Å². The molecule has 4 nitrogen and oxygen atoms in total. The highest BCUT2D eigenvalue weighted by molar-refractivity contribution is 5.77. The van der Waals surface area contributed by atoms with Crippen LogP contribution in [0.15, 0.2) is 24.3 Å². The summed E-state index contributed by atoms with van der Waals surface area (Å²) in [6.45, 7) is 3.24. The second kappa shape index (κ2) is 7.74. The van der Waals surface area contributed by atoms with Crippen LogP contribution in [0.2, 0.25) is 0 Å². The van der Waals surface area contributed by atoms with Crippen LogP contribution in [-0.2, 0) is 11.3 Å². The monoisotopic (exact) mass is 290 g/mol. The highest BCUT2D eigenvalue weighted by Crippen LogP contribution is 2.22. The minimum absolute atomic E-state index is 0.158. The minimum atomic E-state index is -4.69. The molecule has 20 heavy (non-hydrogen) atoms. The first-order chi connectivity index (χ1) is 9.40. The lowest BCUT2D eigenvalue weighted by Crippen LogP contribution is -2.33. The Bertz CT molecular complexity index is 419. The highest BCUT2D eigenvalue weighted by Gasteiger charge is 2.30. The van der Waals surface area contributed by atoms with Crippen LogP contribution >= 0.6 is 0 Å². The molecule has 1 aromatic carbocycles. The normalized spacial score (nSPS) is 11.2. The summed E-state index contributed by atoms with van der Waals surface area (Å²) in [4.78, 5) is 11.4. The van der Waals surface area contributed by atoms with Gasteiger partial charge in [0.25, 0.3) is 0 Å². The second-order valence-corrected chi connectivity index (χ2v) is 4.15. The summed E-state index contributed by atoms with van der Waals surface area (Å²) in [6.07, 6.45) is -3.76. The number of ether oxygens (including phenoxy) is 1. The van der Waals surface area contributed by atoms with Gasteiger partial charge in [0.2, 0.25) is 5.91 Å². The first-order valence-corrected chi connectivity index (χ1v) is 6.23. The first kappa shape index (κ1) is 16.3. The Balaban J connectivity index is 2.36. The molecule has 0 unspecified atom stereocenters. The Kier molecular flexibility index (Phi) is 6.30. The minimum Gasteiger partial charge on any atom is -0.406 e. The lowest BCUT2D eigenvalue weighted by atomic mass is 10.2. The number of alkyl halides is 3. The zero-order chi connectivity index (χ0) is 15.0. The molecular formula is C13H17F3N2O2. The van der Waals surface area contributed by atoms with E-state index in [-0.39, 0.29) is 24.7 Å². The molecule has 0 aliphatic heterocycles. The number of benzene rings is 1. The number of hydrogen-bond donors (Lipinski definition) is 2. The van der Waals surface area contributed by atoms with E-state index in [0.29, 0.717) is 5.56 Å². The van der Waals surface area contributed by atoms with E-state index >= 15 is 0 Å². The van der Waals surface area contributed by atoms with Gasteiger partial charge in [0, 0.05) is 6.54 Å². The smallest absolute Gasteiger partial charge is 0.406 e. The predicted octanol–water partition coefficient (Wildman–Crippen LogP) is 2.20. The molecule has 1 rings (SSSR count). The molecule has 0 radical (unpaired) electrons.